The molecule has 1 aromatic carbocycles. The lowest BCUT2D eigenvalue weighted by Gasteiger charge is -2.27. The number of hydrogen-bond donors (Lipinski definition) is 1. The van der Waals surface area contributed by atoms with Crippen molar-refractivity contribution in [2.45, 2.75) is 45.2 Å². The number of rotatable bonds is 8. The van der Waals surface area contributed by atoms with Crippen molar-refractivity contribution in [2.24, 2.45) is 0 Å². The van der Waals surface area contributed by atoms with E-state index in [0.717, 1.165) is 38.0 Å². The average Bonchev–Trinajstić information content (AvgIpc) is 2.98. The van der Waals surface area contributed by atoms with Gasteiger partial charge in [0.25, 0.3) is 0 Å². The third kappa shape index (κ3) is 4.50. The molecule has 20 heavy (non-hydrogen) atoms. The fourth-order valence-electron chi connectivity index (χ4n) is 3.10. The Kier molecular flexibility index (Phi) is 6.34. The van der Waals surface area contributed by atoms with E-state index in [1.54, 1.807) is 0 Å². The molecule has 1 saturated carbocycles. The van der Waals surface area contributed by atoms with E-state index in [1.807, 2.05) is 13.1 Å². The first-order valence-corrected chi connectivity index (χ1v) is 7.94. The van der Waals surface area contributed by atoms with Crippen molar-refractivity contribution in [3.05, 3.63) is 29.8 Å². The van der Waals surface area contributed by atoms with Crippen molar-refractivity contribution in [3.63, 3.8) is 0 Å². The van der Waals surface area contributed by atoms with Gasteiger partial charge >= 0.3 is 0 Å². The van der Waals surface area contributed by atoms with Gasteiger partial charge in [0.1, 0.15) is 12.4 Å². The summed E-state index contributed by atoms with van der Waals surface area (Å²) >= 11 is 0. The lowest BCUT2D eigenvalue weighted by atomic mass is 10.2. The van der Waals surface area contributed by atoms with E-state index in [4.69, 9.17) is 4.74 Å². The quantitative estimate of drug-likeness (QED) is 0.790. The summed E-state index contributed by atoms with van der Waals surface area (Å²) < 4.78 is 5.92. The largest absolute Gasteiger partial charge is 0.492 e. The summed E-state index contributed by atoms with van der Waals surface area (Å²) in [7, 11) is 1.97. The molecule has 0 bridgehead atoms. The van der Waals surface area contributed by atoms with Crippen LogP contribution in [0.25, 0.3) is 0 Å². The molecule has 0 amide bonds. The molecule has 112 valence electrons. The second kappa shape index (κ2) is 8.28. The molecule has 0 saturated heterocycles. The van der Waals surface area contributed by atoms with Crippen LogP contribution in [-0.4, -0.2) is 37.7 Å². The van der Waals surface area contributed by atoms with Crippen molar-refractivity contribution >= 4 is 0 Å². The van der Waals surface area contributed by atoms with Crippen LogP contribution in [0.1, 0.15) is 38.2 Å². The number of ether oxygens (including phenoxy) is 1. The van der Waals surface area contributed by atoms with Crippen LogP contribution in [0.4, 0.5) is 0 Å². The van der Waals surface area contributed by atoms with Crippen LogP contribution >= 0.6 is 0 Å². The molecule has 0 heterocycles. The molecule has 3 heteroatoms. The molecule has 2 rings (SSSR count). The van der Waals surface area contributed by atoms with E-state index in [-0.39, 0.29) is 0 Å². The van der Waals surface area contributed by atoms with Gasteiger partial charge in [-0.25, -0.2) is 0 Å². The molecule has 1 fully saturated rings. The molecule has 0 radical (unpaired) electrons. The second-order valence-corrected chi connectivity index (χ2v) is 5.59. The number of benzene rings is 1. The van der Waals surface area contributed by atoms with E-state index < -0.39 is 0 Å². The van der Waals surface area contributed by atoms with Gasteiger partial charge in [0.2, 0.25) is 0 Å². The number of nitrogens with one attached hydrogen (secondary N) is 1. The summed E-state index contributed by atoms with van der Waals surface area (Å²) in [6.45, 7) is 6.10. The molecule has 1 aliphatic rings. The number of nitrogens with zero attached hydrogens (tertiary/aromatic N) is 1. The Morgan fingerprint density at radius 2 is 2.10 bits per heavy atom. The van der Waals surface area contributed by atoms with E-state index in [2.05, 4.69) is 35.3 Å². The van der Waals surface area contributed by atoms with Crippen LogP contribution in [0.2, 0.25) is 0 Å². The summed E-state index contributed by atoms with van der Waals surface area (Å²) in [6, 6.07) is 9.16. The number of likely N-dealkylation sites (N-methyl/N-ethyl adjacent to an activating group) is 1. The van der Waals surface area contributed by atoms with E-state index >= 15 is 0 Å². The Labute approximate surface area is 123 Å². The SMILES string of the molecule is CCN(CCOc1cccc(CNC)c1)C1CCCC1. The smallest absolute Gasteiger partial charge is 0.119 e. The van der Waals surface area contributed by atoms with Crippen LogP contribution in [0, 0.1) is 0 Å². The molecule has 0 aliphatic heterocycles. The van der Waals surface area contributed by atoms with Gasteiger partial charge in [-0.3, -0.25) is 4.90 Å². The van der Waals surface area contributed by atoms with Crippen molar-refractivity contribution in [2.75, 3.05) is 26.7 Å². The summed E-state index contributed by atoms with van der Waals surface area (Å²) in [4.78, 5) is 2.57. The van der Waals surface area contributed by atoms with E-state index in [1.165, 1.54) is 31.2 Å². The first-order valence-electron chi connectivity index (χ1n) is 7.94. The zero-order valence-electron chi connectivity index (χ0n) is 12.9. The van der Waals surface area contributed by atoms with Gasteiger partial charge in [-0.1, -0.05) is 31.9 Å². The van der Waals surface area contributed by atoms with Crippen molar-refractivity contribution < 1.29 is 4.74 Å². The summed E-state index contributed by atoms with van der Waals surface area (Å²) in [5, 5.41) is 3.17. The van der Waals surface area contributed by atoms with Crippen LogP contribution in [0.15, 0.2) is 24.3 Å². The predicted molar refractivity (Wildman–Crippen MR) is 84.2 cm³/mol. The number of hydrogen-bond acceptors (Lipinski definition) is 3. The zero-order valence-corrected chi connectivity index (χ0v) is 12.9. The van der Waals surface area contributed by atoms with Crippen molar-refractivity contribution in [1.82, 2.24) is 10.2 Å². The van der Waals surface area contributed by atoms with Crippen molar-refractivity contribution in [1.29, 1.82) is 0 Å². The molecule has 1 aromatic rings. The Balaban J connectivity index is 1.77. The van der Waals surface area contributed by atoms with Crippen LogP contribution in [0.5, 0.6) is 5.75 Å². The summed E-state index contributed by atoms with van der Waals surface area (Å²) in [5.41, 5.74) is 1.27. The fourth-order valence-corrected chi connectivity index (χ4v) is 3.10. The van der Waals surface area contributed by atoms with E-state index in [9.17, 15) is 0 Å². The van der Waals surface area contributed by atoms with Gasteiger partial charge < -0.3 is 10.1 Å². The maximum atomic E-state index is 5.92. The topological polar surface area (TPSA) is 24.5 Å². The Morgan fingerprint density at radius 1 is 1.30 bits per heavy atom. The molecule has 0 atom stereocenters. The molecule has 1 aliphatic carbocycles. The molecule has 3 nitrogen and oxygen atoms in total. The molecular weight excluding hydrogens is 248 g/mol. The molecular formula is C17H28N2O. The van der Waals surface area contributed by atoms with Crippen molar-refractivity contribution in [3.8, 4) is 5.75 Å². The minimum absolute atomic E-state index is 0.785. The second-order valence-electron chi connectivity index (χ2n) is 5.59. The highest BCUT2D eigenvalue weighted by Gasteiger charge is 2.20. The first-order chi connectivity index (χ1) is 9.83. The zero-order chi connectivity index (χ0) is 14.2. The third-order valence-electron chi connectivity index (χ3n) is 4.17. The van der Waals surface area contributed by atoms with Gasteiger partial charge in [0, 0.05) is 19.1 Å². The fraction of sp³-hybridized carbons (Fsp3) is 0.647. The van der Waals surface area contributed by atoms with Crippen LogP contribution < -0.4 is 10.1 Å². The minimum atomic E-state index is 0.785. The Hall–Kier alpha value is -1.06. The Morgan fingerprint density at radius 3 is 2.80 bits per heavy atom. The lowest BCUT2D eigenvalue weighted by molar-refractivity contribution is 0.167. The monoisotopic (exact) mass is 276 g/mol. The summed E-state index contributed by atoms with van der Waals surface area (Å²) in [5.74, 6) is 0.986. The predicted octanol–water partition coefficient (Wildman–Crippen LogP) is 3.05. The van der Waals surface area contributed by atoms with E-state index in [0.29, 0.717) is 0 Å². The van der Waals surface area contributed by atoms with Gasteiger partial charge in [-0.15, -0.1) is 0 Å². The standard InChI is InChI=1S/C17H28N2O/c1-3-19(16-8-4-5-9-16)11-12-20-17-10-6-7-15(13-17)14-18-2/h6-7,10,13,16,18H,3-5,8-9,11-12,14H2,1-2H3. The molecule has 0 aromatic heterocycles. The average molecular weight is 276 g/mol. The highest BCUT2D eigenvalue weighted by atomic mass is 16.5. The van der Waals surface area contributed by atoms with Crippen LogP contribution in [-0.2, 0) is 6.54 Å². The molecule has 0 spiro atoms. The van der Waals surface area contributed by atoms with Gasteiger partial charge in [0.05, 0.1) is 0 Å². The molecule has 1 N–H and O–H groups in total. The Bertz CT molecular complexity index is 388. The first kappa shape index (κ1) is 15.3. The lowest BCUT2D eigenvalue weighted by Crippen LogP contribution is -2.36. The molecule has 0 unspecified atom stereocenters. The van der Waals surface area contributed by atoms with Crippen LogP contribution in [0.3, 0.4) is 0 Å². The summed E-state index contributed by atoms with van der Waals surface area (Å²) in [6.07, 6.45) is 5.53. The van der Waals surface area contributed by atoms with Gasteiger partial charge in [0.15, 0.2) is 0 Å². The highest BCUT2D eigenvalue weighted by molar-refractivity contribution is 5.28. The third-order valence-corrected chi connectivity index (χ3v) is 4.17. The normalized spacial score (nSPS) is 15.9. The maximum Gasteiger partial charge on any atom is 0.119 e. The highest BCUT2D eigenvalue weighted by Crippen LogP contribution is 2.23. The minimum Gasteiger partial charge on any atom is -0.492 e. The van der Waals surface area contributed by atoms with Gasteiger partial charge in [-0.2, -0.15) is 0 Å². The maximum absolute atomic E-state index is 5.92. The van der Waals surface area contributed by atoms with Gasteiger partial charge in [-0.05, 0) is 44.1 Å².